The number of nitrogens with zero attached hydrogens (tertiary/aromatic N) is 2. The van der Waals surface area contributed by atoms with Gasteiger partial charge in [-0.2, -0.15) is 0 Å². The number of hydrogen-bond acceptors (Lipinski definition) is 3. The summed E-state index contributed by atoms with van der Waals surface area (Å²) in [7, 11) is 0. The normalized spacial score (nSPS) is 21.9. The highest BCUT2D eigenvalue weighted by Gasteiger charge is 2.29. The summed E-state index contributed by atoms with van der Waals surface area (Å²) in [6.07, 6.45) is 1.34. The van der Waals surface area contributed by atoms with Gasteiger partial charge in [0.1, 0.15) is 5.82 Å². The van der Waals surface area contributed by atoms with Gasteiger partial charge in [-0.3, -0.25) is 4.79 Å². The minimum atomic E-state index is -0.496. The summed E-state index contributed by atoms with van der Waals surface area (Å²) in [4.78, 5) is 28.2. The van der Waals surface area contributed by atoms with Gasteiger partial charge in [-0.25, -0.2) is 9.18 Å². The van der Waals surface area contributed by atoms with E-state index in [2.05, 4.69) is 5.32 Å². The fourth-order valence-electron chi connectivity index (χ4n) is 3.32. The van der Waals surface area contributed by atoms with Crippen molar-refractivity contribution < 1.29 is 18.7 Å². The third-order valence-corrected chi connectivity index (χ3v) is 4.84. The van der Waals surface area contributed by atoms with Crippen molar-refractivity contribution in [1.82, 2.24) is 15.1 Å². The second-order valence-electron chi connectivity index (χ2n) is 6.61. The molecule has 0 aromatic heterocycles. The quantitative estimate of drug-likeness (QED) is 0.887. The van der Waals surface area contributed by atoms with E-state index in [1.165, 1.54) is 12.1 Å². The average molecular weight is 349 g/mol. The number of carbonyl (C=O) groups excluding carboxylic acids is 2. The van der Waals surface area contributed by atoms with Crippen molar-refractivity contribution in [3.63, 3.8) is 0 Å². The fourth-order valence-corrected chi connectivity index (χ4v) is 3.32. The summed E-state index contributed by atoms with van der Waals surface area (Å²) in [5.41, 5.74) is 0.104. The SMILES string of the molecule is C[C@@H]1COCCN1C(=O)NC1CCN(C(=O)c2ccccc2F)CC1. The number of amides is 3. The molecule has 0 saturated carbocycles. The fraction of sp³-hybridized carbons (Fsp3) is 0.556. The highest BCUT2D eigenvalue weighted by molar-refractivity contribution is 5.94. The number of halogens is 1. The first-order chi connectivity index (χ1) is 12.1. The van der Waals surface area contributed by atoms with Crippen molar-refractivity contribution in [3.05, 3.63) is 35.6 Å². The number of nitrogens with one attached hydrogen (secondary N) is 1. The minimum Gasteiger partial charge on any atom is -0.377 e. The average Bonchev–Trinajstić information content (AvgIpc) is 2.62. The highest BCUT2D eigenvalue weighted by atomic mass is 19.1. The van der Waals surface area contributed by atoms with Crippen LogP contribution < -0.4 is 5.32 Å². The molecule has 1 atom stereocenters. The van der Waals surface area contributed by atoms with Crippen LogP contribution in [0.1, 0.15) is 30.1 Å². The minimum absolute atomic E-state index is 0.0345. The van der Waals surface area contributed by atoms with Crippen molar-refractivity contribution in [1.29, 1.82) is 0 Å². The van der Waals surface area contributed by atoms with E-state index < -0.39 is 5.82 Å². The van der Waals surface area contributed by atoms with Gasteiger partial charge in [0.15, 0.2) is 0 Å². The molecule has 6 nitrogen and oxygen atoms in total. The van der Waals surface area contributed by atoms with E-state index in [1.54, 1.807) is 21.9 Å². The molecule has 2 fully saturated rings. The second kappa shape index (κ2) is 7.82. The Morgan fingerprint density at radius 2 is 1.92 bits per heavy atom. The lowest BCUT2D eigenvalue weighted by molar-refractivity contribution is 0.0178. The Bertz CT molecular complexity index is 632. The van der Waals surface area contributed by atoms with Crippen molar-refractivity contribution >= 4 is 11.9 Å². The number of carbonyl (C=O) groups is 2. The standard InChI is InChI=1S/C18H24FN3O3/c1-13-12-25-11-10-22(13)18(24)20-14-6-8-21(9-7-14)17(23)15-4-2-3-5-16(15)19/h2-5,13-14H,6-12H2,1H3,(H,20,24)/t13-/m1/s1. The Labute approximate surface area is 146 Å². The predicted octanol–water partition coefficient (Wildman–Crippen LogP) is 1.86. The van der Waals surface area contributed by atoms with E-state index in [9.17, 15) is 14.0 Å². The molecular weight excluding hydrogens is 325 g/mol. The Balaban J connectivity index is 1.51. The summed E-state index contributed by atoms with van der Waals surface area (Å²) in [6.45, 7) is 4.70. The summed E-state index contributed by atoms with van der Waals surface area (Å²) in [5, 5.41) is 3.05. The lowest BCUT2D eigenvalue weighted by atomic mass is 10.0. The number of rotatable bonds is 2. The molecule has 3 amide bonds. The molecule has 3 rings (SSSR count). The third kappa shape index (κ3) is 4.10. The topological polar surface area (TPSA) is 61.9 Å². The summed E-state index contributed by atoms with van der Waals surface area (Å²) in [5.74, 6) is -0.783. The van der Waals surface area contributed by atoms with Gasteiger partial charge in [0.2, 0.25) is 0 Å². The monoisotopic (exact) mass is 349 g/mol. The maximum absolute atomic E-state index is 13.8. The molecule has 2 aliphatic heterocycles. The van der Waals surface area contributed by atoms with Crippen LogP contribution in [-0.4, -0.2) is 66.7 Å². The lowest BCUT2D eigenvalue weighted by Crippen LogP contribution is -2.55. The van der Waals surface area contributed by atoms with E-state index in [4.69, 9.17) is 4.74 Å². The summed E-state index contributed by atoms with van der Waals surface area (Å²) in [6, 6.07) is 6.06. The molecule has 7 heteroatoms. The van der Waals surface area contributed by atoms with Crippen LogP contribution >= 0.6 is 0 Å². The molecule has 25 heavy (non-hydrogen) atoms. The third-order valence-electron chi connectivity index (χ3n) is 4.84. The van der Waals surface area contributed by atoms with Crippen molar-refractivity contribution in [2.24, 2.45) is 0 Å². The number of hydrogen-bond donors (Lipinski definition) is 1. The van der Waals surface area contributed by atoms with E-state index in [1.807, 2.05) is 6.92 Å². The van der Waals surface area contributed by atoms with Gasteiger partial charge in [0, 0.05) is 25.7 Å². The molecule has 136 valence electrons. The molecule has 0 unspecified atom stereocenters. The number of urea groups is 1. The van der Waals surface area contributed by atoms with Crippen molar-refractivity contribution in [3.8, 4) is 0 Å². The molecule has 1 aromatic rings. The zero-order valence-corrected chi connectivity index (χ0v) is 14.4. The molecule has 0 radical (unpaired) electrons. The molecule has 0 bridgehead atoms. The molecule has 0 spiro atoms. The van der Waals surface area contributed by atoms with E-state index in [0.717, 1.165) is 0 Å². The summed E-state index contributed by atoms with van der Waals surface area (Å²) < 4.78 is 19.1. The van der Waals surface area contributed by atoms with Gasteiger partial charge in [-0.1, -0.05) is 12.1 Å². The van der Waals surface area contributed by atoms with Crippen LogP contribution in [0.3, 0.4) is 0 Å². The van der Waals surface area contributed by atoms with E-state index >= 15 is 0 Å². The Morgan fingerprint density at radius 3 is 2.60 bits per heavy atom. The molecule has 0 aliphatic carbocycles. The maximum Gasteiger partial charge on any atom is 0.318 e. The molecular formula is C18H24FN3O3. The van der Waals surface area contributed by atoms with Crippen LogP contribution in [0.15, 0.2) is 24.3 Å². The largest absolute Gasteiger partial charge is 0.377 e. The van der Waals surface area contributed by atoms with Crippen molar-refractivity contribution in [2.75, 3.05) is 32.8 Å². The maximum atomic E-state index is 13.8. The molecule has 1 aromatic carbocycles. The van der Waals surface area contributed by atoms with Gasteiger partial charge in [0.25, 0.3) is 5.91 Å². The first kappa shape index (κ1) is 17.7. The molecule has 2 heterocycles. The van der Waals surface area contributed by atoms with Crippen LogP contribution in [-0.2, 0) is 4.74 Å². The predicted molar refractivity (Wildman–Crippen MR) is 90.8 cm³/mol. The van der Waals surface area contributed by atoms with Gasteiger partial charge in [-0.15, -0.1) is 0 Å². The number of benzene rings is 1. The number of ether oxygens (including phenoxy) is 1. The van der Waals surface area contributed by atoms with Crippen LogP contribution in [0.2, 0.25) is 0 Å². The zero-order valence-electron chi connectivity index (χ0n) is 14.4. The van der Waals surface area contributed by atoms with Crippen LogP contribution in [0.5, 0.6) is 0 Å². The lowest BCUT2D eigenvalue weighted by Gasteiger charge is -2.37. The summed E-state index contributed by atoms with van der Waals surface area (Å²) >= 11 is 0. The first-order valence-electron chi connectivity index (χ1n) is 8.75. The van der Waals surface area contributed by atoms with Gasteiger partial charge in [-0.05, 0) is 31.9 Å². The zero-order chi connectivity index (χ0) is 17.8. The Hall–Kier alpha value is -2.15. The van der Waals surface area contributed by atoms with Gasteiger partial charge < -0.3 is 19.9 Å². The van der Waals surface area contributed by atoms with Gasteiger partial charge >= 0.3 is 6.03 Å². The van der Waals surface area contributed by atoms with Gasteiger partial charge in [0.05, 0.1) is 24.8 Å². The van der Waals surface area contributed by atoms with E-state index in [-0.39, 0.29) is 29.6 Å². The van der Waals surface area contributed by atoms with Crippen LogP contribution in [0.25, 0.3) is 0 Å². The van der Waals surface area contributed by atoms with E-state index in [0.29, 0.717) is 45.7 Å². The number of likely N-dealkylation sites (tertiary alicyclic amines) is 1. The smallest absolute Gasteiger partial charge is 0.318 e. The molecule has 2 saturated heterocycles. The van der Waals surface area contributed by atoms with Crippen LogP contribution in [0.4, 0.5) is 9.18 Å². The van der Waals surface area contributed by atoms with Crippen LogP contribution in [0, 0.1) is 5.82 Å². The second-order valence-corrected chi connectivity index (χ2v) is 6.61. The Morgan fingerprint density at radius 1 is 1.20 bits per heavy atom. The Kier molecular flexibility index (Phi) is 5.53. The highest BCUT2D eigenvalue weighted by Crippen LogP contribution is 2.17. The molecule has 2 aliphatic rings. The first-order valence-corrected chi connectivity index (χ1v) is 8.75. The molecule has 1 N–H and O–H groups in total. The van der Waals surface area contributed by atoms with Crippen molar-refractivity contribution in [2.45, 2.75) is 31.8 Å². The number of piperidine rings is 1. The number of morpholine rings is 1.